The van der Waals surface area contributed by atoms with E-state index in [0.29, 0.717) is 24.8 Å². The minimum absolute atomic E-state index is 0.231. The van der Waals surface area contributed by atoms with E-state index in [1.807, 2.05) is 31.2 Å². The van der Waals surface area contributed by atoms with Crippen LogP contribution in [-0.4, -0.2) is 34.7 Å². The van der Waals surface area contributed by atoms with Gasteiger partial charge in [0.2, 0.25) is 5.89 Å². The highest BCUT2D eigenvalue weighted by Gasteiger charge is 2.23. The molecule has 1 fully saturated rings. The van der Waals surface area contributed by atoms with Crippen LogP contribution in [0.2, 0.25) is 0 Å². The zero-order valence-electron chi connectivity index (χ0n) is 16.8. The number of methoxy groups -OCH3 is 1. The van der Waals surface area contributed by atoms with Gasteiger partial charge in [-0.25, -0.2) is 4.98 Å². The minimum atomic E-state index is -1.19. The number of benzene rings is 1. The fourth-order valence-electron chi connectivity index (χ4n) is 3.88. The lowest BCUT2D eigenvalue weighted by Gasteiger charge is -2.29. The molecule has 0 saturated heterocycles. The lowest BCUT2D eigenvalue weighted by Crippen LogP contribution is -2.23. The Balaban J connectivity index is 1.53. The zero-order chi connectivity index (χ0) is 19.9. The largest absolute Gasteiger partial charge is 0.497 e. The third-order valence-corrected chi connectivity index (χ3v) is 5.47. The highest BCUT2D eigenvalue weighted by molar-refractivity contribution is 5.56. The molecule has 0 spiro atoms. The number of oxazole rings is 1. The summed E-state index contributed by atoms with van der Waals surface area (Å²) >= 11 is 0. The van der Waals surface area contributed by atoms with Crippen LogP contribution < -0.4 is 4.74 Å². The monoisotopic (exact) mass is 389 g/mol. The molecule has 2 atom stereocenters. The van der Waals surface area contributed by atoms with Crippen molar-refractivity contribution in [3.63, 3.8) is 0 Å². The molecule has 1 aliphatic rings. The number of aromatic nitrogens is 1. The smallest absolute Gasteiger partial charge is 0.226 e. The molecule has 2 aromatic rings. The van der Waals surface area contributed by atoms with Gasteiger partial charge < -0.3 is 24.1 Å². The van der Waals surface area contributed by atoms with E-state index in [0.717, 1.165) is 54.9 Å². The van der Waals surface area contributed by atoms with Gasteiger partial charge in [-0.05, 0) is 56.7 Å². The van der Waals surface area contributed by atoms with Crippen molar-refractivity contribution < 1.29 is 24.1 Å². The van der Waals surface area contributed by atoms with Crippen molar-refractivity contribution in [2.24, 2.45) is 5.92 Å². The molecule has 1 aromatic heterocycles. The number of nitrogens with zero attached hydrogens (tertiary/aromatic N) is 1. The molecular formula is C22H31NO5. The highest BCUT2D eigenvalue weighted by atomic mass is 16.5. The van der Waals surface area contributed by atoms with Crippen LogP contribution in [0.5, 0.6) is 5.75 Å². The number of aliphatic hydroxyl groups is 2. The maximum atomic E-state index is 8.99. The number of aryl methyl sites for hydroxylation is 1. The quantitative estimate of drug-likeness (QED) is 0.625. The fourth-order valence-corrected chi connectivity index (χ4v) is 3.88. The molecule has 1 saturated carbocycles. The SMILES string of the molecule is COc1cccc(-c2nc(COC3CCCC(CCCC(O)O)C3)c(C)o2)c1. The van der Waals surface area contributed by atoms with Crippen molar-refractivity contribution in [3.05, 3.63) is 35.7 Å². The summed E-state index contributed by atoms with van der Waals surface area (Å²) in [4.78, 5) is 4.63. The zero-order valence-corrected chi connectivity index (χ0v) is 16.8. The minimum Gasteiger partial charge on any atom is -0.497 e. The van der Waals surface area contributed by atoms with Gasteiger partial charge in [-0.1, -0.05) is 25.3 Å². The predicted molar refractivity (Wildman–Crippen MR) is 106 cm³/mol. The molecule has 6 heteroatoms. The Morgan fingerprint density at radius 1 is 1.29 bits per heavy atom. The summed E-state index contributed by atoms with van der Waals surface area (Å²) in [5.41, 5.74) is 1.72. The molecule has 154 valence electrons. The Bertz CT molecular complexity index is 742. The molecule has 3 rings (SSSR count). The Hall–Kier alpha value is -1.89. The Labute approximate surface area is 166 Å². The van der Waals surface area contributed by atoms with Gasteiger partial charge in [-0.15, -0.1) is 0 Å². The molecule has 0 amide bonds. The first-order valence-electron chi connectivity index (χ1n) is 10.1. The summed E-state index contributed by atoms with van der Waals surface area (Å²) in [6.07, 6.45) is 5.82. The molecule has 1 heterocycles. The molecule has 2 unspecified atom stereocenters. The molecular weight excluding hydrogens is 358 g/mol. The number of hydrogen-bond donors (Lipinski definition) is 2. The average Bonchev–Trinajstić information content (AvgIpc) is 3.07. The van der Waals surface area contributed by atoms with Crippen LogP contribution in [-0.2, 0) is 11.3 Å². The molecule has 1 aromatic carbocycles. The van der Waals surface area contributed by atoms with Crippen LogP contribution in [0, 0.1) is 12.8 Å². The second kappa shape index (κ2) is 10.0. The third kappa shape index (κ3) is 5.80. The van der Waals surface area contributed by atoms with Gasteiger partial charge >= 0.3 is 0 Å². The molecule has 0 radical (unpaired) electrons. The average molecular weight is 389 g/mol. The first-order valence-corrected chi connectivity index (χ1v) is 10.1. The molecule has 2 N–H and O–H groups in total. The second-order valence-corrected chi connectivity index (χ2v) is 7.63. The summed E-state index contributed by atoms with van der Waals surface area (Å²) in [6, 6.07) is 7.67. The molecule has 28 heavy (non-hydrogen) atoms. The Morgan fingerprint density at radius 2 is 2.14 bits per heavy atom. The summed E-state index contributed by atoms with van der Waals surface area (Å²) in [7, 11) is 1.64. The molecule has 0 aliphatic heterocycles. The van der Waals surface area contributed by atoms with E-state index >= 15 is 0 Å². The van der Waals surface area contributed by atoms with Crippen molar-refractivity contribution >= 4 is 0 Å². The van der Waals surface area contributed by atoms with Crippen molar-refractivity contribution in [2.45, 2.75) is 70.9 Å². The topological polar surface area (TPSA) is 85.0 Å². The van der Waals surface area contributed by atoms with Crippen LogP contribution in [0.15, 0.2) is 28.7 Å². The lowest BCUT2D eigenvalue weighted by molar-refractivity contribution is -0.0484. The van der Waals surface area contributed by atoms with Gasteiger partial charge in [-0.3, -0.25) is 0 Å². The number of rotatable bonds is 9. The van der Waals surface area contributed by atoms with E-state index in [1.165, 1.54) is 6.42 Å². The van der Waals surface area contributed by atoms with Gasteiger partial charge in [-0.2, -0.15) is 0 Å². The van der Waals surface area contributed by atoms with E-state index in [9.17, 15) is 0 Å². The van der Waals surface area contributed by atoms with Gasteiger partial charge in [0.1, 0.15) is 17.2 Å². The van der Waals surface area contributed by atoms with E-state index in [1.54, 1.807) is 7.11 Å². The van der Waals surface area contributed by atoms with Crippen LogP contribution in [0.25, 0.3) is 11.5 Å². The maximum Gasteiger partial charge on any atom is 0.226 e. The highest BCUT2D eigenvalue weighted by Crippen LogP contribution is 2.31. The maximum absolute atomic E-state index is 8.99. The van der Waals surface area contributed by atoms with Gasteiger partial charge in [0.15, 0.2) is 6.29 Å². The molecule has 6 nitrogen and oxygen atoms in total. The molecule has 1 aliphatic carbocycles. The number of ether oxygens (including phenoxy) is 2. The second-order valence-electron chi connectivity index (χ2n) is 7.63. The van der Waals surface area contributed by atoms with Crippen LogP contribution >= 0.6 is 0 Å². The van der Waals surface area contributed by atoms with Crippen LogP contribution in [0.1, 0.15) is 56.4 Å². The van der Waals surface area contributed by atoms with E-state index in [4.69, 9.17) is 24.1 Å². The van der Waals surface area contributed by atoms with Gasteiger partial charge in [0, 0.05) is 5.56 Å². The summed E-state index contributed by atoms with van der Waals surface area (Å²) in [5, 5.41) is 18.0. The van der Waals surface area contributed by atoms with Crippen molar-refractivity contribution in [3.8, 4) is 17.2 Å². The first kappa shape index (κ1) is 20.8. The fraction of sp³-hybridized carbons (Fsp3) is 0.591. The Kier molecular flexibility index (Phi) is 7.48. The lowest BCUT2D eigenvalue weighted by atomic mass is 9.84. The van der Waals surface area contributed by atoms with Crippen LogP contribution in [0.3, 0.4) is 0 Å². The van der Waals surface area contributed by atoms with Gasteiger partial charge in [0.05, 0.1) is 19.8 Å². The summed E-state index contributed by atoms with van der Waals surface area (Å²) in [5.74, 6) is 2.73. The summed E-state index contributed by atoms with van der Waals surface area (Å²) in [6.45, 7) is 2.37. The van der Waals surface area contributed by atoms with Crippen molar-refractivity contribution in [2.75, 3.05) is 7.11 Å². The summed E-state index contributed by atoms with van der Waals surface area (Å²) < 4.78 is 17.3. The molecule has 0 bridgehead atoms. The first-order chi connectivity index (χ1) is 13.5. The van der Waals surface area contributed by atoms with Crippen LogP contribution in [0.4, 0.5) is 0 Å². The Morgan fingerprint density at radius 3 is 2.93 bits per heavy atom. The van der Waals surface area contributed by atoms with E-state index in [-0.39, 0.29) is 6.10 Å². The van der Waals surface area contributed by atoms with E-state index < -0.39 is 6.29 Å². The predicted octanol–water partition coefficient (Wildman–Crippen LogP) is 4.22. The van der Waals surface area contributed by atoms with Crippen molar-refractivity contribution in [1.29, 1.82) is 0 Å². The standard InChI is InChI=1S/C22H31NO5/c1-15-20(23-22(28-15)17-8-5-9-18(13-17)26-2)14-27-19-10-3-6-16(12-19)7-4-11-21(24)25/h5,8-9,13,16,19,21,24-25H,3-4,6-7,10-12,14H2,1-2H3. The normalized spacial score (nSPS) is 19.9. The number of aliphatic hydroxyl groups excluding tert-OH is 1. The van der Waals surface area contributed by atoms with E-state index in [2.05, 4.69) is 4.98 Å². The number of hydrogen-bond acceptors (Lipinski definition) is 6. The van der Waals surface area contributed by atoms with Gasteiger partial charge in [0.25, 0.3) is 0 Å². The third-order valence-electron chi connectivity index (χ3n) is 5.47. The van der Waals surface area contributed by atoms with Crippen molar-refractivity contribution in [1.82, 2.24) is 4.98 Å².